The maximum Gasteiger partial charge on any atom is 0.291 e. The molecule has 0 N–H and O–H groups in total. The molecule has 1 saturated heterocycles. The highest BCUT2D eigenvalue weighted by Gasteiger charge is 2.19. The van der Waals surface area contributed by atoms with Gasteiger partial charge in [0.25, 0.3) is 5.56 Å². The van der Waals surface area contributed by atoms with Crippen molar-refractivity contribution in [3.8, 4) is 0 Å². The lowest BCUT2D eigenvalue weighted by Crippen LogP contribution is -2.24. The van der Waals surface area contributed by atoms with Crippen LogP contribution in [0.1, 0.15) is 41.9 Å². The predicted molar refractivity (Wildman–Crippen MR) is 129 cm³/mol. The Balaban J connectivity index is 1.23. The normalized spacial score (nSPS) is 16.7. The summed E-state index contributed by atoms with van der Waals surface area (Å²) in [7, 11) is 3.75. The molecule has 0 radical (unpaired) electrons. The molecule has 11 heteroatoms. The van der Waals surface area contributed by atoms with Gasteiger partial charge in [-0.25, -0.2) is 14.3 Å². The van der Waals surface area contributed by atoms with Gasteiger partial charge < -0.3 is 9.30 Å². The van der Waals surface area contributed by atoms with Crippen molar-refractivity contribution < 1.29 is 4.74 Å². The molecule has 0 amide bonds. The van der Waals surface area contributed by atoms with E-state index in [0.29, 0.717) is 12.1 Å². The Labute approximate surface area is 199 Å². The van der Waals surface area contributed by atoms with Gasteiger partial charge in [-0.3, -0.25) is 9.48 Å². The first-order valence-electron chi connectivity index (χ1n) is 11.5. The van der Waals surface area contributed by atoms with Crippen LogP contribution in [0.4, 0.5) is 0 Å². The van der Waals surface area contributed by atoms with Crippen molar-refractivity contribution in [2.45, 2.75) is 44.9 Å². The van der Waals surface area contributed by atoms with Gasteiger partial charge in [-0.1, -0.05) is 0 Å². The van der Waals surface area contributed by atoms with Gasteiger partial charge in [-0.05, 0) is 37.8 Å². The molecule has 0 spiro atoms. The van der Waals surface area contributed by atoms with Gasteiger partial charge in [-0.2, -0.15) is 15.3 Å². The number of aryl methyl sites for hydroxylation is 4. The molecule has 1 aliphatic rings. The predicted octanol–water partition coefficient (Wildman–Crippen LogP) is 2.81. The second kappa shape index (κ2) is 8.48. The number of nitrogens with zero attached hydrogens (tertiary/aromatic N) is 8. The average Bonchev–Trinajstić information content (AvgIpc) is 3.62. The second-order valence-electron chi connectivity index (χ2n) is 8.78. The summed E-state index contributed by atoms with van der Waals surface area (Å²) in [6.07, 6.45) is 10.6. The molecule has 0 saturated carbocycles. The summed E-state index contributed by atoms with van der Waals surface area (Å²) in [6, 6.07) is 3.95. The van der Waals surface area contributed by atoms with Crippen molar-refractivity contribution in [2.24, 2.45) is 14.1 Å². The lowest BCUT2D eigenvalue weighted by molar-refractivity contribution is -0.0396. The summed E-state index contributed by atoms with van der Waals surface area (Å²) in [5, 5.41) is 15.4. The molecule has 6 rings (SSSR count). The minimum absolute atomic E-state index is 0.0607. The van der Waals surface area contributed by atoms with E-state index in [2.05, 4.69) is 16.3 Å². The van der Waals surface area contributed by atoms with E-state index in [4.69, 9.17) is 14.8 Å². The lowest BCUT2D eigenvalue weighted by atomic mass is 10.2. The fourth-order valence-corrected chi connectivity index (χ4v) is 5.70. The SMILES string of the molecule is Cn1ccc(Cn2ncc3c4sc(CCc5ccn(C6CCCCO6)n5)nc4n(C)c3c2=O)n1. The fraction of sp³-hybridized carbons (Fsp3) is 0.435. The molecule has 0 aliphatic carbocycles. The van der Waals surface area contributed by atoms with E-state index < -0.39 is 0 Å². The second-order valence-corrected chi connectivity index (χ2v) is 9.86. The molecule has 0 bridgehead atoms. The Hall–Kier alpha value is -3.31. The molecule has 34 heavy (non-hydrogen) atoms. The van der Waals surface area contributed by atoms with Crippen LogP contribution in [-0.2, 0) is 38.2 Å². The molecular weight excluding hydrogens is 452 g/mol. The zero-order chi connectivity index (χ0) is 23.2. The Bertz CT molecular complexity index is 1530. The number of hydrogen-bond donors (Lipinski definition) is 0. The van der Waals surface area contributed by atoms with Crippen molar-refractivity contribution in [1.82, 2.24) is 38.9 Å². The summed E-state index contributed by atoms with van der Waals surface area (Å²) in [5.41, 5.74) is 3.15. The highest BCUT2D eigenvalue weighted by molar-refractivity contribution is 7.19. The minimum Gasteiger partial charge on any atom is -0.357 e. The van der Waals surface area contributed by atoms with Gasteiger partial charge in [0.1, 0.15) is 11.7 Å². The maximum atomic E-state index is 13.2. The van der Waals surface area contributed by atoms with Gasteiger partial charge >= 0.3 is 0 Å². The van der Waals surface area contributed by atoms with E-state index in [0.717, 1.165) is 64.4 Å². The molecule has 1 fully saturated rings. The van der Waals surface area contributed by atoms with E-state index >= 15 is 0 Å². The first kappa shape index (κ1) is 21.2. The van der Waals surface area contributed by atoms with Crippen molar-refractivity contribution in [3.05, 3.63) is 57.5 Å². The summed E-state index contributed by atoms with van der Waals surface area (Å²) >= 11 is 1.63. The summed E-state index contributed by atoms with van der Waals surface area (Å²) in [4.78, 5) is 18.0. The molecule has 1 unspecified atom stereocenters. The Morgan fingerprint density at radius 2 is 2.00 bits per heavy atom. The third-order valence-corrected chi connectivity index (χ3v) is 7.50. The zero-order valence-corrected chi connectivity index (χ0v) is 20.0. The number of ether oxygens (including phenoxy) is 1. The van der Waals surface area contributed by atoms with Gasteiger partial charge in [0.05, 0.1) is 33.8 Å². The van der Waals surface area contributed by atoms with Crippen molar-refractivity contribution in [2.75, 3.05) is 6.61 Å². The highest BCUT2D eigenvalue weighted by atomic mass is 32.1. The maximum absolute atomic E-state index is 13.2. The molecule has 176 valence electrons. The number of hydrogen-bond acceptors (Lipinski definition) is 7. The molecular formula is C23H26N8O2S. The van der Waals surface area contributed by atoms with E-state index in [1.54, 1.807) is 22.2 Å². The molecule has 0 aromatic carbocycles. The summed E-state index contributed by atoms with van der Waals surface area (Å²) < 4.78 is 13.8. The van der Waals surface area contributed by atoms with Gasteiger partial charge in [-0.15, -0.1) is 11.3 Å². The van der Waals surface area contributed by atoms with Crippen LogP contribution in [0.3, 0.4) is 0 Å². The van der Waals surface area contributed by atoms with Crippen molar-refractivity contribution >= 4 is 32.6 Å². The van der Waals surface area contributed by atoms with Crippen LogP contribution < -0.4 is 5.56 Å². The first-order valence-corrected chi connectivity index (χ1v) is 12.4. The molecule has 5 aromatic heterocycles. The lowest BCUT2D eigenvalue weighted by Gasteiger charge is -2.22. The van der Waals surface area contributed by atoms with Crippen molar-refractivity contribution in [3.63, 3.8) is 0 Å². The van der Waals surface area contributed by atoms with Crippen molar-refractivity contribution in [1.29, 1.82) is 0 Å². The number of rotatable bonds is 6. The van der Waals surface area contributed by atoms with Gasteiger partial charge in [0.15, 0.2) is 5.65 Å². The molecule has 10 nitrogen and oxygen atoms in total. The van der Waals surface area contributed by atoms with Gasteiger partial charge in [0.2, 0.25) is 0 Å². The summed E-state index contributed by atoms with van der Waals surface area (Å²) in [5.74, 6) is 0. The van der Waals surface area contributed by atoms with E-state index in [1.165, 1.54) is 11.1 Å². The largest absolute Gasteiger partial charge is 0.357 e. The third-order valence-electron chi connectivity index (χ3n) is 6.36. The van der Waals surface area contributed by atoms with Crippen LogP contribution in [0.15, 0.2) is 35.5 Å². The van der Waals surface area contributed by atoms with Crippen LogP contribution in [0.5, 0.6) is 0 Å². The third kappa shape index (κ3) is 3.74. The summed E-state index contributed by atoms with van der Waals surface area (Å²) in [6.45, 7) is 1.15. The zero-order valence-electron chi connectivity index (χ0n) is 19.2. The molecule has 6 heterocycles. The standard InChI is InChI=1S/C23H26N8O2S/c1-28-10-8-16(26-28)14-31-23(32)20-17(13-24-31)21-22(29(20)2)25-18(34-21)7-6-15-9-11-30(27-15)19-5-3-4-12-33-19/h8-11,13,19H,3-7,12,14H2,1-2H3. The monoisotopic (exact) mass is 478 g/mol. The minimum atomic E-state index is -0.132. The number of fused-ring (bicyclic) bond motifs is 3. The topological polar surface area (TPSA) is 97.6 Å². The van der Waals surface area contributed by atoms with Gasteiger partial charge in [0, 0.05) is 44.9 Å². The molecule has 5 aromatic rings. The van der Waals surface area contributed by atoms with E-state index in [9.17, 15) is 4.79 Å². The Morgan fingerprint density at radius 1 is 1.12 bits per heavy atom. The van der Waals surface area contributed by atoms with Crippen LogP contribution in [0.25, 0.3) is 21.3 Å². The van der Waals surface area contributed by atoms with Crippen LogP contribution >= 0.6 is 11.3 Å². The Kier molecular flexibility index (Phi) is 5.30. The smallest absolute Gasteiger partial charge is 0.291 e. The number of thiazole rings is 1. The molecule has 1 aliphatic heterocycles. The average molecular weight is 479 g/mol. The fourth-order valence-electron chi connectivity index (χ4n) is 4.59. The highest BCUT2D eigenvalue weighted by Crippen LogP contribution is 2.31. The first-order chi connectivity index (χ1) is 16.6. The van der Waals surface area contributed by atoms with Crippen LogP contribution in [0, 0.1) is 0 Å². The molecule has 1 atom stereocenters. The van der Waals surface area contributed by atoms with Crippen LogP contribution in [-0.4, -0.2) is 45.5 Å². The van der Waals surface area contributed by atoms with Crippen LogP contribution in [0.2, 0.25) is 0 Å². The quantitative estimate of drug-likeness (QED) is 0.372. The number of aromatic nitrogens is 8. The van der Waals surface area contributed by atoms with E-state index in [-0.39, 0.29) is 11.8 Å². The van der Waals surface area contributed by atoms with E-state index in [1.807, 2.05) is 41.8 Å². The Morgan fingerprint density at radius 3 is 2.79 bits per heavy atom.